The number of benzene rings is 1. The van der Waals surface area contributed by atoms with Gasteiger partial charge in [0, 0.05) is 21.1 Å². The van der Waals surface area contributed by atoms with Gasteiger partial charge < -0.3 is 10.1 Å². The Morgan fingerprint density at radius 3 is 2.40 bits per heavy atom. The Kier molecular flexibility index (Phi) is 6.20. The molecule has 0 aromatic heterocycles. The van der Waals surface area contributed by atoms with E-state index in [2.05, 4.69) is 37.2 Å². The van der Waals surface area contributed by atoms with Crippen LogP contribution in [0.4, 0.5) is 9.18 Å². The number of nitrogens with one attached hydrogen (secondary N) is 1. The number of amides is 1. The maximum absolute atomic E-state index is 13.1. The number of alkyl carbamates (subject to hydrolysis) is 1. The molecule has 0 aliphatic heterocycles. The molecular weight excluding hydrogens is 393 g/mol. The van der Waals surface area contributed by atoms with Gasteiger partial charge in [-0.05, 0) is 32.9 Å². The van der Waals surface area contributed by atoms with Crippen molar-refractivity contribution in [2.45, 2.75) is 26.4 Å². The summed E-state index contributed by atoms with van der Waals surface area (Å²) in [7, 11) is 0. The molecule has 20 heavy (non-hydrogen) atoms. The maximum atomic E-state index is 13.1. The number of carbonyl (C=O) groups excluding carboxylic acids is 1. The third-order valence-electron chi connectivity index (χ3n) is 2.09. The van der Waals surface area contributed by atoms with E-state index < -0.39 is 11.7 Å². The largest absolute Gasteiger partial charge is 0.444 e. The van der Waals surface area contributed by atoms with E-state index in [1.165, 1.54) is 12.1 Å². The van der Waals surface area contributed by atoms with Crippen molar-refractivity contribution in [2.24, 2.45) is 0 Å². The molecule has 1 aromatic rings. The van der Waals surface area contributed by atoms with E-state index in [9.17, 15) is 9.18 Å². The number of halogens is 3. The third-order valence-corrected chi connectivity index (χ3v) is 3.40. The highest BCUT2D eigenvalue weighted by atomic mass is 79.9. The second-order valence-electron chi connectivity index (χ2n) is 5.07. The second-order valence-corrected chi connectivity index (χ2v) is 6.78. The van der Waals surface area contributed by atoms with Gasteiger partial charge in [-0.2, -0.15) is 0 Å². The standard InChI is InChI=1S/C14H16Br2FNO2/c1-14(2,3)20-13(19)18-6-4-5-10-11(15)7-9(17)8-12(10)16/h4-5,7-8H,6H2,1-3H3,(H,18,19). The molecule has 0 heterocycles. The summed E-state index contributed by atoms with van der Waals surface area (Å²) in [4.78, 5) is 11.4. The Balaban J connectivity index is 2.56. The molecule has 0 atom stereocenters. The van der Waals surface area contributed by atoms with Crippen LogP contribution >= 0.6 is 31.9 Å². The number of ether oxygens (including phenoxy) is 1. The van der Waals surface area contributed by atoms with Gasteiger partial charge in [0.1, 0.15) is 11.4 Å². The molecule has 0 aliphatic rings. The van der Waals surface area contributed by atoms with Crippen molar-refractivity contribution in [1.29, 1.82) is 0 Å². The molecule has 0 saturated carbocycles. The number of hydrogen-bond donors (Lipinski definition) is 1. The highest BCUT2D eigenvalue weighted by molar-refractivity contribution is 9.11. The van der Waals surface area contributed by atoms with Crippen LogP contribution in [0.3, 0.4) is 0 Å². The van der Waals surface area contributed by atoms with E-state index in [-0.39, 0.29) is 5.82 Å². The normalized spacial score (nSPS) is 11.7. The van der Waals surface area contributed by atoms with Gasteiger partial charge in [0.15, 0.2) is 0 Å². The summed E-state index contributed by atoms with van der Waals surface area (Å²) in [5, 5.41) is 2.61. The summed E-state index contributed by atoms with van der Waals surface area (Å²) in [6.45, 7) is 5.73. The van der Waals surface area contributed by atoms with Crippen LogP contribution in [0.15, 0.2) is 27.2 Å². The van der Waals surface area contributed by atoms with Crippen LogP contribution in [0.25, 0.3) is 6.08 Å². The summed E-state index contributed by atoms with van der Waals surface area (Å²) >= 11 is 6.57. The topological polar surface area (TPSA) is 38.3 Å². The van der Waals surface area contributed by atoms with Gasteiger partial charge in [-0.15, -0.1) is 0 Å². The van der Waals surface area contributed by atoms with Crippen molar-refractivity contribution in [3.63, 3.8) is 0 Å². The van der Waals surface area contributed by atoms with Gasteiger partial charge in [-0.1, -0.05) is 44.0 Å². The fourth-order valence-electron chi connectivity index (χ4n) is 1.35. The monoisotopic (exact) mass is 407 g/mol. The van der Waals surface area contributed by atoms with Crippen LogP contribution in [0.5, 0.6) is 0 Å². The molecule has 0 bridgehead atoms. The molecule has 0 fully saturated rings. The fraction of sp³-hybridized carbons (Fsp3) is 0.357. The number of rotatable bonds is 3. The Morgan fingerprint density at radius 2 is 1.90 bits per heavy atom. The maximum Gasteiger partial charge on any atom is 0.407 e. The van der Waals surface area contributed by atoms with E-state index >= 15 is 0 Å². The Morgan fingerprint density at radius 1 is 1.35 bits per heavy atom. The molecule has 1 N–H and O–H groups in total. The zero-order valence-electron chi connectivity index (χ0n) is 11.5. The predicted octanol–water partition coefficient (Wildman–Crippen LogP) is 4.89. The molecule has 6 heteroatoms. The smallest absolute Gasteiger partial charge is 0.407 e. The van der Waals surface area contributed by atoms with Gasteiger partial charge in [-0.25, -0.2) is 9.18 Å². The lowest BCUT2D eigenvalue weighted by atomic mass is 10.2. The van der Waals surface area contributed by atoms with Crippen LogP contribution in [-0.2, 0) is 4.74 Å². The molecule has 110 valence electrons. The average Bonchev–Trinajstić information content (AvgIpc) is 2.23. The molecule has 0 aliphatic carbocycles. The molecule has 3 nitrogen and oxygen atoms in total. The summed E-state index contributed by atoms with van der Waals surface area (Å²) in [5.74, 6) is -0.326. The molecule has 0 spiro atoms. The Bertz CT molecular complexity index is 501. The Hall–Kier alpha value is -0.880. The van der Waals surface area contributed by atoms with Crippen molar-refractivity contribution in [3.05, 3.63) is 38.5 Å². The van der Waals surface area contributed by atoms with Crippen molar-refractivity contribution < 1.29 is 13.9 Å². The predicted molar refractivity (Wildman–Crippen MR) is 85.1 cm³/mol. The van der Waals surface area contributed by atoms with Crippen molar-refractivity contribution >= 4 is 44.0 Å². The minimum Gasteiger partial charge on any atom is -0.444 e. The lowest BCUT2D eigenvalue weighted by molar-refractivity contribution is 0.0534. The van der Waals surface area contributed by atoms with Crippen molar-refractivity contribution in [3.8, 4) is 0 Å². The molecule has 0 radical (unpaired) electrons. The highest BCUT2D eigenvalue weighted by Crippen LogP contribution is 2.27. The minimum atomic E-state index is -0.517. The summed E-state index contributed by atoms with van der Waals surface area (Å²) < 4.78 is 19.5. The first-order valence-corrected chi connectivity index (χ1v) is 7.55. The first kappa shape index (κ1) is 17.2. The SMILES string of the molecule is CC(C)(C)OC(=O)NCC=Cc1c(Br)cc(F)cc1Br. The quantitative estimate of drug-likeness (QED) is 0.773. The van der Waals surface area contributed by atoms with Gasteiger partial charge in [-0.3, -0.25) is 0 Å². The van der Waals surface area contributed by atoms with Gasteiger partial charge >= 0.3 is 6.09 Å². The van der Waals surface area contributed by atoms with Gasteiger partial charge in [0.05, 0.1) is 0 Å². The van der Waals surface area contributed by atoms with E-state index in [0.717, 1.165) is 5.56 Å². The molecule has 1 rings (SSSR count). The zero-order valence-corrected chi connectivity index (χ0v) is 14.6. The molecular formula is C14H16Br2FNO2. The first-order valence-electron chi connectivity index (χ1n) is 5.97. The third kappa shape index (κ3) is 6.05. The van der Waals surface area contributed by atoms with E-state index in [4.69, 9.17) is 4.74 Å². The van der Waals surface area contributed by atoms with Crippen LogP contribution in [0.1, 0.15) is 26.3 Å². The molecule has 0 unspecified atom stereocenters. The number of hydrogen-bond acceptors (Lipinski definition) is 2. The first-order chi connectivity index (χ1) is 9.19. The van der Waals surface area contributed by atoms with E-state index in [1.807, 2.05) is 0 Å². The summed E-state index contributed by atoms with van der Waals surface area (Å²) in [5.41, 5.74) is 0.286. The lowest BCUT2D eigenvalue weighted by Gasteiger charge is -2.19. The summed E-state index contributed by atoms with van der Waals surface area (Å²) in [6.07, 6.45) is 3.07. The molecule has 1 aromatic carbocycles. The van der Waals surface area contributed by atoms with E-state index in [0.29, 0.717) is 15.5 Å². The van der Waals surface area contributed by atoms with E-state index in [1.54, 1.807) is 32.9 Å². The second kappa shape index (κ2) is 7.22. The van der Waals surface area contributed by atoms with Crippen LogP contribution in [0.2, 0.25) is 0 Å². The summed E-state index contributed by atoms with van der Waals surface area (Å²) in [6, 6.07) is 2.76. The fourth-order valence-corrected chi connectivity index (χ4v) is 2.74. The zero-order chi connectivity index (χ0) is 15.3. The number of carbonyl (C=O) groups is 1. The minimum absolute atomic E-state index is 0.325. The van der Waals surface area contributed by atoms with Crippen LogP contribution < -0.4 is 5.32 Å². The Labute approximate surface area is 134 Å². The van der Waals surface area contributed by atoms with Crippen LogP contribution in [-0.4, -0.2) is 18.2 Å². The van der Waals surface area contributed by atoms with Gasteiger partial charge in [0.2, 0.25) is 0 Å². The van der Waals surface area contributed by atoms with Crippen molar-refractivity contribution in [1.82, 2.24) is 5.32 Å². The van der Waals surface area contributed by atoms with Crippen molar-refractivity contribution in [2.75, 3.05) is 6.54 Å². The lowest BCUT2D eigenvalue weighted by Crippen LogP contribution is -2.32. The molecule has 1 amide bonds. The van der Waals surface area contributed by atoms with Gasteiger partial charge in [0.25, 0.3) is 0 Å². The van der Waals surface area contributed by atoms with Crippen LogP contribution in [0, 0.1) is 5.82 Å². The molecule has 0 saturated heterocycles. The highest BCUT2D eigenvalue weighted by Gasteiger charge is 2.15. The average molecular weight is 409 g/mol.